The predicted molar refractivity (Wildman–Crippen MR) is 128 cm³/mol. The zero-order valence-electron chi connectivity index (χ0n) is 20.2. The zero-order chi connectivity index (χ0) is 25.4. The lowest BCUT2D eigenvalue weighted by atomic mass is 9.88. The number of nitrogens with zero attached hydrogens (tertiary/aromatic N) is 3. The maximum absolute atomic E-state index is 13.3. The molecule has 1 amide bonds. The largest absolute Gasteiger partial charge is 0.434 e. The molecule has 3 unspecified atom stereocenters. The minimum atomic E-state index is -2.99. The third kappa shape index (κ3) is 3.52. The van der Waals surface area contributed by atoms with Crippen molar-refractivity contribution in [2.75, 3.05) is 13.7 Å². The number of carbonyl (C=O) groups is 1. The number of ether oxygens (including phenoxy) is 2. The minimum absolute atomic E-state index is 0.0271. The van der Waals surface area contributed by atoms with Crippen LogP contribution >= 0.6 is 0 Å². The van der Waals surface area contributed by atoms with Crippen LogP contribution in [0, 0.1) is 0 Å². The molecule has 188 valence electrons. The second-order valence-corrected chi connectivity index (χ2v) is 10.3. The highest BCUT2D eigenvalue weighted by molar-refractivity contribution is 5.98. The number of hydrogen-bond acceptors (Lipinski definition) is 5. The number of pyridine rings is 1. The van der Waals surface area contributed by atoms with Gasteiger partial charge in [-0.25, -0.2) is 4.52 Å². The van der Waals surface area contributed by atoms with Gasteiger partial charge in [-0.15, -0.1) is 0 Å². The van der Waals surface area contributed by atoms with Gasteiger partial charge >= 0.3 is 6.61 Å². The smallest absolute Gasteiger partial charge is 0.387 e. The van der Waals surface area contributed by atoms with Crippen molar-refractivity contribution in [3.8, 4) is 5.75 Å². The quantitative estimate of drug-likeness (QED) is 0.575. The normalized spacial score (nSPS) is 23.5. The van der Waals surface area contributed by atoms with Gasteiger partial charge in [0.15, 0.2) is 0 Å². The molecule has 36 heavy (non-hydrogen) atoms. The number of fused-ring (bicyclic) bond motifs is 9. The van der Waals surface area contributed by atoms with Crippen molar-refractivity contribution in [3.05, 3.63) is 70.6 Å². The Hall–Kier alpha value is -3.30. The van der Waals surface area contributed by atoms with E-state index in [1.807, 2.05) is 18.3 Å². The van der Waals surface area contributed by atoms with Gasteiger partial charge in [-0.1, -0.05) is 12.1 Å². The average molecular weight is 496 g/mol. The zero-order valence-corrected chi connectivity index (χ0v) is 20.2. The van der Waals surface area contributed by atoms with E-state index in [-0.39, 0.29) is 29.7 Å². The average Bonchev–Trinajstić information content (AvgIpc) is 3.36. The van der Waals surface area contributed by atoms with Crippen molar-refractivity contribution in [1.82, 2.24) is 14.5 Å². The van der Waals surface area contributed by atoms with Crippen LogP contribution in [0.3, 0.4) is 0 Å². The molecule has 7 nitrogen and oxygen atoms in total. The van der Waals surface area contributed by atoms with Crippen LogP contribution in [-0.4, -0.2) is 57.5 Å². The number of aromatic nitrogens is 2. The summed E-state index contributed by atoms with van der Waals surface area (Å²) in [6.07, 6.45) is 4.85. The molecule has 0 radical (unpaired) electrons. The number of benzene rings is 1. The lowest BCUT2D eigenvalue weighted by Crippen LogP contribution is -2.39. The fourth-order valence-electron chi connectivity index (χ4n) is 5.82. The number of halogens is 2. The van der Waals surface area contributed by atoms with Crippen molar-refractivity contribution in [2.24, 2.45) is 0 Å². The SMILES string of the molecule is CN1C(=O)c2cccc(OC(F)F)c2C2CC1c1nn3ccc(C4=CCC(C(C)(C)O)OC4)cc3c12. The van der Waals surface area contributed by atoms with E-state index in [1.54, 1.807) is 42.4 Å². The van der Waals surface area contributed by atoms with Crippen molar-refractivity contribution >= 4 is 17.0 Å². The van der Waals surface area contributed by atoms with E-state index in [0.717, 1.165) is 27.9 Å². The van der Waals surface area contributed by atoms with Gasteiger partial charge in [0.2, 0.25) is 0 Å². The number of amides is 1. The Morgan fingerprint density at radius 2 is 2.06 bits per heavy atom. The third-order valence-electron chi connectivity index (χ3n) is 7.65. The molecule has 3 aromatic rings. The van der Waals surface area contributed by atoms with E-state index in [0.29, 0.717) is 30.6 Å². The van der Waals surface area contributed by atoms with Crippen LogP contribution in [0.2, 0.25) is 0 Å². The molecule has 0 saturated carbocycles. The van der Waals surface area contributed by atoms with Gasteiger partial charge < -0.3 is 19.5 Å². The van der Waals surface area contributed by atoms with Crippen LogP contribution in [0.4, 0.5) is 8.78 Å². The molecule has 0 spiro atoms. The molecular weight excluding hydrogens is 468 g/mol. The van der Waals surface area contributed by atoms with E-state index in [2.05, 4.69) is 6.08 Å². The summed E-state index contributed by atoms with van der Waals surface area (Å²) in [5.41, 5.74) is 4.50. The molecule has 2 bridgehead atoms. The molecule has 1 aromatic carbocycles. The molecule has 0 fully saturated rings. The molecule has 3 aliphatic rings. The van der Waals surface area contributed by atoms with E-state index >= 15 is 0 Å². The van der Waals surface area contributed by atoms with E-state index < -0.39 is 12.2 Å². The van der Waals surface area contributed by atoms with Gasteiger partial charge in [-0.05, 0) is 62.1 Å². The Balaban J connectivity index is 1.48. The summed E-state index contributed by atoms with van der Waals surface area (Å²) in [6, 6.07) is 8.49. The summed E-state index contributed by atoms with van der Waals surface area (Å²) in [5, 5.41) is 15.1. The van der Waals surface area contributed by atoms with E-state index in [4.69, 9.17) is 14.6 Å². The van der Waals surface area contributed by atoms with Crippen LogP contribution in [0.25, 0.3) is 11.1 Å². The van der Waals surface area contributed by atoms with Crippen LogP contribution in [0.15, 0.2) is 42.6 Å². The van der Waals surface area contributed by atoms with Crippen LogP contribution in [0.5, 0.6) is 5.75 Å². The van der Waals surface area contributed by atoms with Crippen LogP contribution in [-0.2, 0) is 4.74 Å². The first-order valence-corrected chi connectivity index (χ1v) is 12.0. The first-order valence-electron chi connectivity index (χ1n) is 12.0. The first kappa shape index (κ1) is 23.1. The standard InChI is InChI=1S/C27H27F2N3O4/c1-27(2,34)21-8-7-15(13-35-21)14-9-10-32-18(11-14)23-17-12-19(24(23)30-32)31(3)25(33)16-5-4-6-20(22(16)17)36-26(28)29/h4-7,9-11,17,19,21,26,34H,8,12-13H2,1-3H3. The predicted octanol–water partition coefficient (Wildman–Crippen LogP) is 4.54. The van der Waals surface area contributed by atoms with Gasteiger partial charge in [0.05, 0.1) is 35.6 Å². The molecule has 9 heteroatoms. The Morgan fingerprint density at radius 1 is 1.25 bits per heavy atom. The Morgan fingerprint density at radius 3 is 2.75 bits per heavy atom. The topological polar surface area (TPSA) is 76.3 Å². The lowest BCUT2D eigenvalue weighted by Gasteiger charge is -2.32. The molecule has 0 saturated heterocycles. The summed E-state index contributed by atoms with van der Waals surface area (Å²) < 4.78 is 39.2. The van der Waals surface area contributed by atoms with E-state index in [1.165, 1.54) is 6.07 Å². The minimum Gasteiger partial charge on any atom is -0.434 e. The number of carbonyl (C=O) groups excluding carboxylic acids is 1. The number of rotatable bonds is 4. The van der Waals surface area contributed by atoms with E-state index in [9.17, 15) is 18.7 Å². The summed E-state index contributed by atoms with van der Waals surface area (Å²) >= 11 is 0. The Kier molecular flexibility index (Phi) is 5.21. The maximum Gasteiger partial charge on any atom is 0.387 e. The van der Waals surface area contributed by atoms with Gasteiger partial charge in [0.1, 0.15) is 5.75 Å². The highest BCUT2D eigenvalue weighted by Gasteiger charge is 2.46. The molecule has 3 atom stereocenters. The highest BCUT2D eigenvalue weighted by Crippen LogP contribution is 2.53. The third-order valence-corrected chi connectivity index (χ3v) is 7.65. The van der Waals surface area contributed by atoms with Crippen LogP contribution < -0.4 is 4.74 Å². The lowest BCUT2D eigenvalue weighted by molar-refractivity contribution is -0.0804. The maximum atomic E-state index is 13.3. The Labute approximate surface area is 206 Å². The summed E-state index contributed by atoms with van der Waals surface area (Å²) in [5.74, 6) is -0.515. The Bertz CT molecular complexity index is 1410. The van der Waals surface area contributed by atoms with Crippen molar-refractivity contribution in [1.29, 1.82) is 0 Å². The summed E-state index contributed by atoms with van der Waals surface area (Å²) in [6.45, 7) is 0.861. The second kappa shape index (κ2) is 8.11. The number of aliphatic hydroxyl groups is 1. The van der Waals surface area contributed by atoms with Crippen molar-refractivity contribution < 1.29 is 28.2 Å². The molecule has 4 heterocycles. The van der Waals surface area contributed by atoms with Crippen molar-refractivity contribution in [2.45, 2.75) is 57.0 Å². The second-order valence-electron chi connectivity index (χ2n) is 10.3. The van der Waals surface area contributed by atoms with Gasteiger partial charge in [-0.2, -0.15) is 13.9 Å². The number of alkyl halides is 2. The highest BCUT2D eigenvalue weighted by atomic mass is 19.3. The van der Waals surface area contributed by atoms with Crippen molar-refractivity contribution in [3.63, 3.8) is 0 Å². The molecule has 1 N–H and O–H groups in total. The molecular formula is C27H27F2N3O4. The van der Waals surface area contributed by atoms with Gasteiger partial charge in [0.25, 0.3) is 5.91 Å². The van der Waals surface area contributed by atoms with Gasteiger partial charge in [-0.3, -0.25) is 4.79 Å². The molecule has 1 aliphatic carbocycles. The summed E-state index contributed by atoms with van der Waals surface area (Å²) in [7, 11) is 1.73. The van der Waals surface area contributed by atoms with Crippen LogP contribution in [0.1, 0.15) is 71.4 Å². The number of hydrogen-bond donors (Lipinski definition) is 1. The first-order chi connectivity index (χ1) is 17.1. The molecule has 6 rings (SSSR count). The molecule has 2 aliphatic heterocycles. The van der Waals surface area contributed by atoms with Gasteiger partial charge in [0, 0.05) is 35.9 Å². The summed E-state index contributed by atoms with van der Waals surface area (Å²) in [4.78, 5) is 14.9. The fraction of sp³-hybridized carbons (Fsp3) is 0.407. The monoisotopic (exact) mass is 495 g/mol. The molecule has 2 aromatic heterocycles. The fourth-order valence-corrected chi connectivity index (χ4v) is 5.82.